The van der Waals surface area contributed by atoms with Gasteiger partial charge >= 0.3 is 5.97 Å². The van der Waals surface area contributed by atoms with Gasteiger partial charge in [0.15, 0.2) is 18.9 Å². The van der Waals surface area contributed by atoms with E-state index in [1.807, 2.05) is 0 Å². The van der Waals surface area contributed by atoms with E-state index in [1.165, 1.54) is 5.57 Å². The summed E-state index contributed by atoms with van der Waals surface area (Å²) in [7, 11) is 0. The van der Waals surface area contributed by atoms with Crippen LogP contribution < -0.4 is 0 Å². The number of aliphatic hydroxyl groups is 11. The number of allylic oxidation sites excluding steroid dienone is 2. The highest BCUT2D eigenvalue weighted by atomic mass is 16.8. The molecule has 3 aliphatic heterocycles. The number of carbonyl (C=O) groups is 1. The molecule has 0 spiro atoms. The molecule has 7 fully saturated rings. The third-order valence-electron chi connectivity index (χ3n) is 19.4. The van der Waals surface area contributed by atoms with Gasteiger partial charge in [-0.3, -0.25) is 4.79 Å². The lowest BCUT2D eigenvalue weighted by atomic mass is 9.33. The second-order valence-corrected chi connectivity index (χ2v) is 23.6. The van der Waals surface area contributed by atoms with Gasteiger partial charge in [-0.1, -0.05) is 60.1 Å². The van der Waals surface area contributed by atoms with Crippen LogP contribution in [0.1, 0.15) is 106 Å². The monoisotopic (exact) mass is 959 g/mol. The Morgan fingerprint density at radius 2 is 1.13 bits per heavy atom. The van der Waals surface area contributed by atoms with E-state index in [9.17, 15) is 66.1 Å². The van der Waals surface area contributed by atoms with Crippen molar-refractivity contribution in [2.24, 2.45) is 50.2 Å². The fraction of sp³-hybridized carbons (Fsp3) is 0.938. The summed E-state index contributed by atoms with van der Waals surface area (Å²) in [5.41, 5.74) is -1.43. The number of aliphatic carboxylic acids is 1. The van der Waals surface area contributed by atoms with Gasteiger partial charge in [0.25, 0.3) is 0 Å². The van der Waals surface area contributed by atoms with Crippen LogP contribution in [0.15, 0.2) is 11.6 Å². The van der Waals surface area contributed by atoms with Crippen LogP contribution in [-0.4, -0.2) is 191 Å². The number of carboxylic acid groups (broad SMARTS) is 1. The Hall–Kier alpha value is -1.47. The van der Waals surface area contributed by atoms with E-state index in [4.69, 9.17) is 28.4 Å². The Morgan fingerprint density at radius 3 is 1.67 bits per heavy atom. The summed E-state index contributed by atoms with van der Waals surface area (Å²) in [6.45, 7) is 13.4. The summed E-state index contributed by atoms with van der Waals surface area (Å²) < 4.78 is 35.6. The predicted octanol–water partition coefficient (Wildman–Crippen LogP) is -0.323. The SMILES string of the molecule is CC1(C)CC[C@]2(C(=O)O)[C@H](O)C[C@]3(C)C(=CC[C@@H]4[C@@]5(C)CC[C@H](O[C@@H]6O[C@H](CO)[C@@H](O)[C@H](O[C@@H]7O[C@H](CO)[C@@H](O)[C@H](O[C@@H]8O[C@H](CO)[C@@H](O)[C@H](O)[C@H]8O)[C@H]7O)[C@H]6O)C(C)(C)[C@@H]5CC[C@]43C)[C@@H]2C1. The molecule has 19 heteroatoms. The lowest BCUT2D eigenvalue weighted by Gasteiger charge is -2.71. The highest BCUT2D eigenvalue weighted by Crippen LogP contribution is 2.76. The molecule has 384 valence electrons. The van der Waals surface area contributed by atoms with Crippen molar-refractivity contribution in [2.45, 2.75) is 211 Å². The van der Waals surface area contributed by atoms with E-state index in [1.54, 1.807) is 0 Å². The zero-order valence-electron chi connectivity index (χ0n) is 39.8. The average Bonchev–Trinajstić information content (AvgIpc) is 3.26. The molecule has 8 rings (SSSR count). The van der Waals surface area contributed by atoms with E-state index in [0.717, 1.165) is 32.1 Å². The highest BCUT2D eigenvalue weighted by Gasteiger charge is 2.71. The van der Waals surface area contributed by atoms with Crippen molar-refractivity contribution in [1.82, 2.24) is 0 Å². The van der Waals surface area contributed by atoms with Crippen molar-refractivity contribution in [3.8, 4) is 0 Å². The molecule has 3 saturated heterocycles. The normalized spacial score (nSPS) is 53.9. The second kappa shape index (κ2) is 18.2. The zero-order valence-corrected chi connectivity index (χ0v) is 39.8. The first-order valence-electron chi connectivity index (χ1n) is 24.4. The molecule has 19 nitrogen and oxygen atoms in total. The molecule has 0 amide bonds. The van der Waals surface area contributed by atoms with Gasteiger partial charge in [-0.25, -0.2) is 0 Å². The lowest BCUT2D eigenvalue weighted by molar-refractivity contribution is -0.385. The molecule has 8 aliphatic rings. The number of hydrogen-bond donors (Lipinski definition) is 12. The summed E-state index contributed by atoms with van der Waals surface area (Å²) in [5.74, 6) is -0.839. The van der Waals surface area contributed by atoms with Gasteiger partial charge in [-0.15, -0.1) is 0 Å². The average molecular weight is 959 g/mol. The molecular weight excluding hydrogens is 881 g/mol. The maximum absolute atomic E-state index is 13.2. The molecule has 12 N–H and O–H groups in total. The Labute approximate surface area is 392 Å². The van der Waals surface area contributed by atoms with E-state index >= 15 is 0 Å². The molecular formula is C48H78O19. The van der Waals surface area contributed by atoms with Crippen LogP contribution in [-0.2, 0) is 33.2 Å². The van der Waals surface area contributed by atoms with Gasteiger partial charge in [0, 0.05) is 0 Å². The summed E-state index contributed by atoms with van der Waals surface area (Å²) in [6.07, 6.45) is -18.4. The van der Waals surface area contributed by atoms with Crippen molar-refractivity contribution in [3.63, 3.8) is 0 Å². The third kappa shape index (κ3) is 8.01. The van der Waals surface area contributed by atoms with Gasteiger partial charge in [0.05, 0.1) is 32.0 Å². The molecule has 4 saturated carbocycles. The fourth-order valence-corrected chi connectivity index (χ4v) is 15.3. The highest BCUT2D eigenvalue weighted by molar-refractivity contribution is 5.77. The molecule has 0 aromatic heterocycles. The number of ether oxygens (including phenoxy) is 6. The first-order valence-corrected chi connectivity index (χ1v) is 24.4. The van der Waals surface area contributed by atoms with Gasteiger partial charge in [0.1, 0.15) is 78.7 Å². The minimum absolute atomic E-state index is 0.0567. The Bertz CT molecular complexity index is 1830. The minimum Gasteiger partial charge on any atom is -0.481 e. The van der Waals surface area contributed by atoms with Crippen molar-refractivity contribution < 1.29 is 94.5 Å². The summed E-state index contributed by atoms with van der Waals surface area (Å²) in [5, 5.41) is 130. The van der Waals surface area contributed by atoms with Gasteiger partial charge in [-0.2, -0.15) is 0 Å². The second-order valence-electron chi connectivity index (χ2n) is 23.6. The molecule has 67 heavy (non-hydrogen) atoms. The van der Waals surface area contributed by atoms with E-state index in [2.05, 4.69) is 54.5 Å². The molecule has 24 atom stereocenters. The molecule has 0 radical (unpaired) electrons. The summed E-state index contributed by atoms with van der Waals surface area (Å²) in [4.78, 5) is 13.2. The van der Waals surface area contributed by atoms with Crippen LogP contribution in [0.3, 0.4) is 0 Å². The molecule has 0 unspecified atom stereocenters. The number of rotatable bonds is 10. The number of carboxylic acids is 1. The predicted molar refractivity (Wildman–Crippen MR) is 232 cm³/mol. The third-order valence-corrected chi connectivity index (χ3v) is 19.4. The van der Waals surface area contributed by atoms with Gasteiger partial charge in [-0.05, 0) is 103 Å². The van der Waals surface area contributed by atoms with Crippen molar-refractivity contribution >= 4 is 5.97 Å². The van der Waals surface area contributed by atoms with Crippen LogP contribution in [0.4, 0.5) is 0 Å². The topological polar surface area (TPSA) is 315 Å². The fourth-order valence-electron chi connectivity index (χ4n) is 15.3. The Morgan fingerprint density at radius 1 is 0.612 bits per heavy atom. The lowest BCUT2D eigenvalue weighted by Crippen LogP contribution is -2.68. The first-order chi connectivity index (χ1) is 31.3. The van der Waals surface area contributed by atoms with Crippen LogP contribution in [0.2, 0.25) is 0 Å². The smallest absolute Gasteiger partial charge is 0.312 e. The van der Waals surface area contributed by atoms with Crippen LogP contribution in [0, 0.1) is 50.2 Å². The maximum atomic E-state index is 13.2. The molecule has 0 bridgehead atoms. The molecule has 3 heterocycles. The van der Waals surface area contributed by atoms with Gasteiger partial charge in [0.2, 0.25) is 0 Å². The van der Waals surface area contributed by atoms with Crippen molar-refractivity contribution in [3.05, 3.63) is 11.6 Å². The largest absolute Gasteiger partial charge is 0.481 e. The van der Waals surface area contributed by atoms with Crippen LogP contribution in [0.25, 0.3) is 0 Å². The molecule has 0 aromatic carbocycles. The standard InChI is InChI=1S/C48H78O19/c1-43(2)14-15-48(42(60)61)22(16-43)21-8-9-27-45(5)12-11-29(44(3,4)26(45)10-13-46(27,6)47(21,7)17-28(48)52)65-40-35(58)37(31(54)24(19-50)63-40)67-41-36(59)38(32(55)25(20-51)64-41)66-39-34(57)33(56)30(53)23(18-49)62-39/h8,22-41,49-59H,9-20H2,1-7H3,(H,60,61)/t22-,23+,24+,25+,26-,27+,28+,29-,30+,31+,32+,33-,34+,35+,36+,37-,38-,39-,40-,41-,45-,46+,47+,48+/m0/s1. The quantitative estimate of drug-likeness (QED) is 0.0986. The van der Waals surface area contributed by atoms with E-state index in [-0.39, 0.29) is 34.0 Å². The maximum Gasteiger partial charge on any atom is 0.312 e. The van der Waals surface area contributed by atoms with Crippen LogP contribution in [0.5, 0.6) is 0 Å². The van der Waals surface area contributed by atoms with E-state index in [0.29, 0.717) is 25.7 Å². The number of aliphatic hydroxyl groups excluding tert-OH is 11. The molecule has 5 aliphatic carbocycles. The Balaban J connectivity index is 1.00. The minimum atomic E-state index is -1.95. The number of hydrogen-bond acceptors (Lipinski definition) is 18. The molecule has 0 aromatic rings. The van der Waals surface area contributed by atoms with Crippen molar-refractivity contribution in [1.29, 1.82) is 0 Å². The zero-order chi connectivity index (χ0) is 49.1. The number of fused-ring (bicyclic) bond motifs is 7. The van der Waals surface area contributed by atoms with Gasteiger partial charge < -0.3 is 89.7 Å². The summed E-state index contributed by atoms with van der Waals surface area (Å²) >= 11 is 0. The van der Waals surface area contributed by atoms with E-state index < -0.39 is 146 Å². The van der Waals surface area contributed by atoms with Crippen LogP contribution >= 0.6 is 0 Å². The van der Waals surface area contributed by atoms with Crippen molar-refractivity contribution in [2.75, 3.05) is 19.8 Å². The Kier molecular flexibility index (Phi) is 14.1. The summed E-state index contributed by atoms with van der Waals surface area (Å²) in [6, 6.07) is 0. The first kappa shape index (κ1) is 51.9.